The smallest absolute Gasteiger partial charge is 0.123 e. The lowest BCUT2D eigenvalue weighted by Crippen LogP contribution is -2.44. The highest BCUT2D eigenvalue weighted by atomic mass is 19.1. The van der Waals surface area contributed by atoms with Crippen LogP contribution in [-0.4, -0.2) is 23.8 Å². The molecule has 1 unspecified atom stereocenters. The predicted molar refractivity (Wildman–Crippen MR) is 68.6 cm³/mol. The van der Waals surface area contributed by atoms with Gasteiger partial charge in [-0.3, -0.25) is 0 Å². The summed E-state index contributed by atoms with van der Waals surface area (Å²) in [5.41, 5.74) is 0.979. The number of aliphatic hydroxyl groups is 1. The second-order valence-corrected chi connectivity index (χ2v) is 5.21. The molecule has 0 fully saturated rings. The molecular formula is C14H22FNO. The fourth-order valence-electron chi connectivity index (χ4n) is 1.73. The third-order valence-electron chi connectivity index (χ3n) is 3.39. The lowest BCUT2D eigenvalue weighted by molar-refractivity contribution is 0.180. The molecule has 0 heterocycles. The molecule has 96 valence electrons. The van der Waals surface area contributed by atoms with Gasteiger partial charge in [0.05, 0.1) is 6.10 Å². The molecule has 0 spiro atoms. The van der Waals surface area contributed by atoms with E-state index in [1.807, 2.05) is 12.1 Å². The molecule has 1 aromatic carbocycles. The lowest BCUT2D eigenvalue weighted by atomic mass is 9.78. The van der Waals surface area contributed by atoms with Crippen LogP contribution in [0.15, 0.2) is 24.3 Å². The van der Waals surface area contributed by atoms with Crippen molar-refractivity contribution in [1.29, 1.82) is 0 Å². The zero-order chi connectivity index (χ0) is 13.1. The Hall–Kier alpha value is -0.930. The van der Waals surface area contributed by atoms with Crippen LogP contribution in [0, 0.1) is 5.82 Å². The molecule has 3 heteroatoms. The van der Waals surface area contributed by atoms with E-state index < -0.39 is 0 Å². The third kappa shape index (κ3) is 3.79. The Bertz CT molecular complexity index is 346. The lowest BCUT2D eigenvalue weighted by Gasteiger charge is -2.33. The molecule has 0 aliphatic rings. The molecule has 1 aromatic rings. The Morgan fingerprint density at radius 1 is 1.24 bits per heavy atom. The van der Waals surface area contributed by atoms with Gasteiger partial charge in [-0.25, -0.2) is 4.39 Å². The molecule has 0 saturated heterocycles. The van der Waals surface area contributed by atoms with Gasteiger partial charge in [0, 0.05) is 18.0 Å². The van der Waals surface area contributed by atoms with E-state index in [4.69, 9.17) is 0 Å². The highest BCUT2D eigenvalue weighted by Crippen LogP contribution is 2.27. The standard InChI is InChI=1S/C14H22FNO/c1-10(17)9-16-11(2)14(3,4)12-5-7-13(15)8-6-12/h5-8,10-11,16-17H,9H2,1-4H3/t10-,11?/m1/s1. The number of hydrogen-bond donors (Lipinski definition) is 2. The molecule has 1 rings (SSSR count). The van der Waals surface area contributed by atoms with Crippen LogP contribution in [-0.2, 0) is 5.41 Å². The first kappa shape index (κ1) is 14.1. The molecule has 0 aliphatic carbocycles. The van der Waals surface area contributed by atoms with Gasteiger partial charge in [-0.15, -0.1) is 0 Å². The van der Waals surface area contributed by atoms with E-state index >= 15 is 0 Å². The minimum Gasteiger partial charge on any atom is -0.392 e. The fourth-order valence-corrected chi connectivity index (χ4v) is 1.73. The molecule has 17 heavy (non-hydrogen) atoms. The molecule has 0 aliphatic heterocycles. The second-order valence-electron chi connectivity index (χ2n) is 5.21. The van der Waals surface area contributed by atoms with Crippen molar-refractivity contribution in [3.63, 3.8) is 0 Å². The Kier molecular flexibility index (Phi) is 4.66. The molecule has 0 bridgehead atoms. The Labute approximate surface area is 103 Å². The number of hydrogen-bond acceptors (Lipinski definition) is 2. The SMILES string of the molecule is CC(NC[C@@H](C)O)C(C)(C)c1ccc(F)cc1. The number of halogens is 1. The largest absolute Gasteiger partial charge is 0.392 e. The number of nitrogens with one attached hydrogen (secondary N) is 1. The summed E-state index contributed by atoms with van der Waals surface area (Å²) < 4.78 is 12.9. The van der Waals surface area contributed by atoms with Crippen LogP contribution in [0.4, 0.5) is 4.39 Å². The molecule has 0 saturated carbocycles. The summed E-state index contributed by atoms with van der Waals surface area (Å²) in [4.78, 5) is 0. The van der Waals surface area contributed by atoms with Gasteiger partial charge < -0.3 is 10.4 Å². The summed E-state index contributed by atoms with van der Waals surface area (Å²) in [5, 5.41) is 12.6. The van der Waals surface area contributed by atoms with Crippen LogP contribution in [0.1, 0.15) is 33.3 Å². The summed E-state index contributed by atoms with van der Waals surface area (Å²) in [5.74, 6) is -0.214. The van der Waals surface area contributed by atoms with Crippen molar-refractivity contribution in [3.05, 3.63) is 35.6 Å². The highest BCUT2D eigenvalue weighted by molar-refractivity contribution is 5.26. The van der Waals surface area contributed by atoms with Gasteiger partial charge in [-0.2, -0.15) is 0 Å². The molecule has 2 atom stereocenters. The van der Waals surface area contributed by atoms with Gasteiger partial charge in [0.2, 0.25) is 0 Å². The number of benzene rings is 1. The van der Waals surface area contributed by atoms with Crippen molar-refractivity contribution < 1.29 is 9.50 Å². The van der Waals surface area contributed by atoms with E-state index in [-0.39, 0.29) is 23.4 Å². The van der Waals surface area contributed by atoms with Gasteiger partial charge >= 0.3 is 0 Å². The molecule has 2 N–H and O–H groups in total. The average Bonchev–Trinajstić information content (AvgIpc) is 2.26. The van der Waals surface area contributed by atoms with E-state index in [0.29, 0.717) is 6.54 Å². The van der Waals surface area contributed by atoms with E-state index in [2.05, 4.69) is 26.1 Å². The molecule has 0 radical (unpaired) electrons. The minimum atomic E-state index is -0.360. The van der Waals surface area contributed by atoms with Crippen LogP contribution >= 0.6 is 0 Å². The quantitative estimate of drug-likeness (QED) is 0.827. The first-order valence-corrected chi connectivity index (χ1v) is 6.01. The first-order chi connectivity index (χ1) is 7.84. The highest BCUT2D eigenvalue weighted by Gasteiger charge is 2.27. The summed E-state index contributed by atoms with van der Waals surface area (Å²) in [6, 6.07) is 6.80. The summed E-state index contributed by atoms with van der Waals surface area (Å²) >= 11 is 0. The van der Waals surface area contributed by atoms with Gasteiger partial charge in [-0.05, 0) is 31.5 Å². The monoisotopic (exact) mass is 239 g/mol. The molecule has 2 nitrogen and oxygen atoms in total. The zero-order valence-corrected chi connectivity index (χ0v) is 11.0. The molecule has 0 amide bonds. The van der Waals surface area contributed by atoms with Gasteiger partial charge in [0.25, 0.3) is 0 Å². The van der Waals surface area contributed by atoms with Crippen molar-refractivity contribution in [1.82, 2.24) is 5.32 Å². The maximum absolute atomic E-state index is 12.9. The van der Waals surface area contributed by atoms with Crippen molar-refractivity contribution in [3.8, 4) is 0 Å². The average molecular weight is 239 g/mol. The van der Waals surface area contributed by atoms with Gasteiger partial charge in [-0.1, -0.05) is 26.0 Å². The first-order valence-electron chi connectivity index (χ1n) is 6.01. The fraction of sp³-hybridized carbons (Fsp3) is 0.571. The van der Waals surface area contributed by atoms with Crippen LogP contribution in [0.25, 0.3) is 0 Å². The Morgan fingerprint density at radius 2 is 1.76 bits per heavy atom. The topological polar surface area (TPSA) is 32.3 Å². The normalized spacial score (nSPS) is 15.6. The number of rotatable bonds is 5. The van der Waals surface area contributed by atoms with Crippen LogP contribution < -0.4 is 5.32 Å². The van der Waals surface area contributed by atoms with E-state index in [9.17, 15) is 9.50 Å². The third-order valence-corrected chi connectivity index (χ3v) is 3.39. The summed E-state index contributed by atoms with van der Waals surface area (Å²) in [6.45, 7) is 8.61. The van der Waals surface area contributed by atoms with Crippen molar-refractivity contribution in [2.24, 2.45) is 0 Å². The van der Waals surface area contributed by atoms with Gasteiger partial charge in [0.15, 0.2) is 0 Å². The van der Waals surface area contributed by atoms with Crippen molar-refractivity contribution >= 4 is 0 Å². The Balaban J connectivity index is 2.75. The maximum Gasteiger partial charge on any atom is 0.123 e. The number of aliphatic hydroxyl groups excluding tert-OH is 1. The molecule has 0 aromatic heterocycles. The Morgan fingerprint density at radius 3 is 2.24 bits per heavy atom. The van der Waals surface area contributed by atoms with Crippen molar-refractivity contribution in [2.75, 3.05) is 6.54 Å². The predicted octanol–water partition coefficient (Wildman–Crippen LogP) is 2.46. The maximum atomic E-state index is 12.9. The van der Waals surface area contributed by atoms with Crippen LogP contribution in [0.2, 0.25) is 0 Å². The van der Waals surface area contributed by atoms with E-state index in [1.165, 1.54) is 12.1 Å². The molecular weight excluding hydrogens is 217 g/mol. The minimum absolute atomic E-state index is 0.109. The van der Waals surface area contributed by atoms with Crippen molar-refractivity contribution in [2.45, 2.75) is 45.3 Å². The zero-order valence-electron chi connectivity index (χ0n) is 11.0. The van der Waals surface area contributed by atoms with Crippen LogP contribution in [0.3, 0.4) is 0 Å². The van der Waals surface area contributed by atoms with Crippen LogP contribution in [0.5, 0.6) is 0 Å². The second kappa shape index (κ2) is 5.61. The van der Waals surface area contributed by atoms with E-state index in [0.717, 1.165) is 5.56 Å². The summed E-state index contributed by atoms with van der Waals surface area (Å²) in [7, 11) is 0. The van der Waals surface area contributed by atoms with Gasteiger partial charge in [0.1, 0.15) is 5.82 Å². The summed E-state index contributed by atoms with van der Waals surface area (Å²) in [6.07, 6.45) is -0.360. The van der Waals surface area contributed by atoms with E-state index in [1.54, 1.807) is 6.92 Å².